The van der Waals surface area contributed by atoms with E-state index in [9.17, 15) is 31.5 Å². The molecule has 0 radical (unpaired) electrons. The van der Waals surface area contributed by atoms with Gasteiger partial charge in [-0.3, -0.25) is 9.69 Å². The molecule has 3 atom stereocenters. The topological polar surface area (TPSA) is 93.2 Å². The van der Waals surface area contributed by atoms with E-state index in [1.165, 1.54) is 34.6 Å². The summed E-state index contributed by atoms with van der Waals surface area (Å²) in [5.41, 5.74) is -2.70. The summed E-state index contributed by atoms with van der Waals surface area (Å²) < 4.78 is 68.8. The van der Waals surface area contributed by atoms with Gasteiger partial charge < -0.3 is 15.3 Å². The van der Waals surface area contributed by atoms with E-state index < -0.39 is 33.9 Å². The van der Waals surface area contributed by atoms with E-state index in [2.05, 4.69) is 17.9 Å². The number of sulfonamides is 1. The Hall–Kier alpha value is -2.32. The third kappa shape index (κ3) is 5.98. The van der Waals surface area contributed by atoms with Gasteiger partial charge in [0.15, 0.2) is 5.60 Å². The van der Waals surface area contributed by atoms with Gasteiger partial charge in [0.2, 0.25) is 15.9 Å². The monoisotopic (exact) mass is 600 g/mol. The highest BCUT2D eigenvalue weighted by Crippen LogP contribution is 2.39. The molecule has 0 bridgehead atoms. The number of nitrogens with one attached hydrogen (secondary N) is 1. The van der Waals surface area contributed by atoms with Crippen molar-refractivity contribution in [1.82, 2.24) is 14.5 Å². The lowest BCUT2D eigenvalue weighted by molar-refractivity contribution is -0.258. The number of rotatable bonds is 7. The molecule has 40 heavy (non-hydrogen) atoms. The van der Waals surface area contributed by atoms with Crippen molar-refractivity contribution in [3.05, 3.63) is 54.1 Å². The zero-order valence-corrected chi connectivity index (χ0v) is 24.3. The number of carbonyl (C=O) groups is 1. The number of alkyl halides is 3. The van der Waals surface area contributed by atoms with Gasteiger partial charge in [-0.2, -0.15) is 17.5 Å². The van der Waals surface area contributed by atoms with E-state index in [1.807, 2.05) is 23.6 Å². The van der Waals surface area contributed by atoms with Crippen molar-refractivity contribution in [2.75, 3.05) is 44.2 Å². The van der Waals surface area contributed by atoms with Crippen LogP contribution < -0.4 is 10.2 Å². The lowest BCUT2D eigenvalue weighted by atomic mass is 9.95. The average Bonchev–Trinajstić information content (AvgIpc) is 2.88. The van der Waals surface area contributed by atoms with E-state index in [4.69, 9.17) is 0 Å². The summed E-state index contributed by atoms with van der Waals surface area (Å²) in [5.74, 6) is -0.0760. The van der Waals surface area contributed by atoms with Gasteiger partial charge in [0, 0.05) is 49.9 Å². The second-order valence-electron chi connectivity index (χ2n) is 10.8. The molecular formula is C27H35F3N4O4S2. The Morgan fingerprint density at radius 1 is 1.07 bits per heavy atom. The van der Waals surface area contributed by atoms with Crippen molar-refractivity contribution < 1.29 is 31.5 Å². The highest BCUT2D eigenvalue weighted by atomic mass is 32.2. The molecule has 0 aromatic heterocycles. The van der Waals surface area contributed by atoms with Crippen LogP contribution in [0, 0.1) is 5.92 Å². The minimum absolute atomic E-state index is 0.0112. The molecule has 2 aromatic rings. The highest BCUT2D eigenvalue weighted by Gasteiger charge is 2.51. The first-order valence-corrected chi connectivity index (χ1v) is 15.0. The molecule has 0 saturated carbocycles. The summed E-state index contributed by atoms with van der Waals surface area (Å²) in [6.07, 6.45) is -4.85. The lowest BCUT2D eigenvalue weighted by Gasteiger charge is -2.46. The quantitative estimate of drug-likeness (QED) is 0.424. The predicted octanol–water partition coefficient (Wildman–Crippen LogP) is 3.08. The molecule has 13 heteroatoms. The predicted molar refractivity (Wildman–Crippen MR) is 149 cm³/mol. The third-order valence-electron chi connectivity index (χ3n) is 7.68. The Balaban J connectivity index is 1.67. The molecule has 2 heterocycles. The molecule has 4 rings (SSSR count). The van der Waals surface area contributed by atoms with Crippen molar-refractivity contribution in [1.29, 1.82) is 0 Å². The first kappa shape index (κ1) is 30.6. The number of halogens is 3. The molecule has 2 aromatic carbocycles. The van der Waals surface area contributed by atoms with Crippen molar-refractivity contribution in [3.8, 4) is 0 Å². The number of hydrogen-bond donors (Lipinski definition) is 3. The van der Waals surface area contributed by atoms with Gasteiger partial charge in [-0.25, -0.2) is 8.42 Å². The fourth-order valence-electron chi connectivity index (χ4n) is 5.43. The van der Waals surface area contributed by atoms with Crippen molar-refractivity contribution >= 4 is 34.2 Å². The van der Waals surface area contributed by atoms with E-state index in [1.54, 1.807) is 18.2 Å². The first-order chi connectivity index (χ1) is 18.6. The van der Waals surface area contributed by atoms with Gasteiger partial charge in [0.05, 0.1) is 17.0 Å². The van der Waals surface area contributed by atoms with Crippen LogP contribution in [0.3, 0.4) is 0 Å². The van der Waals surface area contributed by atoms with Gasteiger partial charge in [-0.05, 0) is 42.7 Å². The van der Waals surface area contributed by atoms with Gasteiger partial charge in [0.1, 0.15) is 0 Å². The maximum Gasteiger partial charge on any atom is 0.421 e. The maximum absolute atomic E-state index is 13.6. The molecular weight excluding hydrogens is 565 g/mol. The van der Waals surface area contributed by atoms with Gasteiger partial charge in [0.25, 0.3) is 0 Å². The summed E-state index contributed by atoms with van der Waals surface area (Å²) in [4.78, 5) is 17.1. The van der Waals surface area contributed by atoms with Crippen LogP contribution in [0.1, 0.15) is 26.3 Å². The summed E-state index contributed by atoms with van der Waals surface area (Å²) in [6, 6.07) is 11.2. The lowest BCUT2D eigenvalue weighted by Crippen LogP contribution is -2.63. The Bertz CT molecular complexity index is 1320. The second-order valence-corrected chi connectivity index (χ2v) is 13.2. The highest BCUT2D eigenvalue weighted by molar-refractivity contribution is 7.90. The zero-order valence-electron chi connectivity index (χ0n) is 22.6. The number of aliphatic hydroxyl groups is 1. The number of nitrogens with zero attached hydrogens (tertiary/aromatic N) is 3. The molecule has 2 fully saturated rings. The van der Waals surface area contributed by atoms with Crippen LogP contribution in [0.4, 0.5) is 18.9 Å². The van der Waals surface area contributed by atoms with Crippen molar-refractivity contribution in [2.24, 2.45) is 5.92 Å². The minimum atomic E-state index is -4.85. The van der Waals surface area contributed by atoms with Gasteiger partial charge in [-0.15, -0.1) is 12.6 Å². The summed E-state index contributed by atoms with van der Waals surface area (Å²) in [7, 11) is -3.88. The maximum atomic E-state index is 13.6. The first-order valence-electron chi connectivity index (χ1n) is 13.1. The Morgan fingerprint density at radius 3 is 2.33 bits per heavy atom. The second kappa shape index (κ2) is 11.5. The molecule has 2 saturated heterocycles. The molecule has 0 aliphatic carbocycles. The van der Waals surface area contributed by atoms with Crippen LogP contribution >= 0.6 is 12.6 Å². The van der Waals surface area contributed by atoms with E-state index in [0.29, 0.717) is 37.1 Å². The number of benzene rings is 2. The number of carbonyl (C=O) groups excluding carboxylic acids is 1. The Morgan fingerprint density at radius 2 is 1.73 bits per heavy atom. The molecule has 0 spiro atoms. The molecule has 2 N–H and O–H groups in total. The van der Waals surface area contributed by atoms with Crippen LogP contribution in [0.25, 0.3) is 0 Å². The number of anilines is 1. The van der Waals surface area contributed by atoms with Crippen LogP contribution in [0.15, 0.2) is 58.3 Å². The average molecular weight is 601 g/mol. The van der Waals surface area contributed by atoms with E-state index in [0.717, 1.165) is 0 Å². The van der Waals surface area contributed by atoms with Crippen molar-refractivity contribution in [2.45, 2.75) is 54.4 Å². The van der Waals surface area contributed by atoms with Gasteiger partial charge >= 0.3 is 6.18 Å². The normalized spacial score (nSPS) is 23.2. The minimum Gasteiger partial charge on any atom is -0.376 e. The largest absolute Gasteiger partial charge is 0.421 e. The third-order valence-corrected chi connectivity index (χ3v) is 10.1. The van der Waals surface area contributed by atoms with Gasteiger partial charge in [-0.1, -0.05) is 38.1 Å². The smallest absolute Gasteiger partial charge is 0.376 e. The Kier molecular flexibility index (Phi) is 8.82. The van der Waals surface area contributed by atoms with Crippen molar-refractivity contribution in [3.63, 3.8) is 0 Å². The van der Waals surface area contributed by atoms with E-state index >= 15 is 0 Å². The van der Waals surface area contributed by atoms with Crippen LogP contribution in [0.5, 0.6) is 0 Å². The van der Waals surface area contributed by atoms with Crippen LogP contribution in [-0.2, 0) is 20.4 Å². The summed E-state index contributed by atoms with van der Waals surface area (Å²) >= 11 is 4.34. The standard InChI is InChI=1S/C27H35F3N4O4S2/c1-18(2)24-25(35)31-12-13-32(24)16-21-17-33(40(37,38)23-7-5-4-6-22(23)39)14-15-34(21)20-10-8-19(9-11-20)26(3,36)27(28,29)30/h4-11,18,21,24,36,39H,12-17H2,1-3H3,(H,31,35)/t21-,24+,26-/m0/s1. The molecule has 2 aliphatic rings. The molecule has 1 amide bonds. The number of amides is 1. The Labute approximate surface area is 238 Å². The number of piperazine rings is 2. The fraction of sp³-hybridized carbons (Fsp3) is 0.519. The SMILES string of the molecule is CC(C)[C@@H]1C(=O)NCCN1C[C@H]1CN(S(=O)(=O)c2ccccc2S)CCN1c1ccc([C@](C)(O)C(F)(F)F)cc1. The molecule has 8 nitrogen and oxygen atoms in total. The van der Waals surface area contributed by atoms with Crippen LogP contribution in [0.2, 0.25) is 0 Å². The summed E-state index contributed by atoms with van der Waals surface area (Å²) in [5, 5.41) is 13.0. The molecule has 220 valence electrons. The van der Waals surface area contributed by atoms with Crippen LogP contribution in [-0.4, -0.2) is 86.2 Å². The summed E-state index contributed by atoms with van der Waals surface area (Å²) in [6.45, 7) is 6.56. The molecule has 0 unspecified atom stereocenters. The number of hydrogen-bond acceptors (Lipinski definition) is 7. The number of thiol groups is 1. The van der Waals surface area contributed by atoms with E-state index in [-0.39, 0.29) is 41.9 Å². The zero-order chi connectivity index (χ0) is 29.5. The fourth-order valence-corrected chi connectivity index (χ4v) is 7.49. The molecule has 2 aliphatic heterocycles.